The molecule has 0 fully saturated rings. The second-order valence-electron chi connectivity index (χ2n) is 6.19. The standard InChI is InChI=1S/C18H12F4N4O5S/c19-9-4-5-14(13(27)6-9)31-17-12(8-15(25-26-17)18(20,21)22)16(28)24-10-2-1-3-11(7-10)32(23,29)30/h1-8,27H,(H,24,28)(H2,23,29,30). The van der Waals surface area contributed by atoms with Crippen LogP contribution in [-0.4, -0.2) is 29.6 Å². The van der Waals surface area contributed by atoms with E-state index in [1.165, 1.54) is 12.1 Å². The van der Waals surface area contributed by atoms with Crippen molar-refractivity contribution in [2.75, 3.05) is 5.32 Å². The first kappa shape index (κ1) is 22.9. The number of nitrogens with two attached hydrogens (primary N) is 1. The summed E-state index contributed by atoms with van der Waals surface area (Å²) in [5.41, 5.74) is -2.38. The molecule has 168 valence electrons. The Labute approximate surface area is 177 Å². The van der Waals surface area contributed by atoms with Gasteiger partial charge in [0.05, 0.1) is 4.90 Å². The Balaban J connectivity index is 2.01. The van der Waals surface area contributed by atoms with Crippen LogP contribution in [0.15, 0.2) is 53.4 Å². The van der Waals surface area contributed by atoms with Gasteiger partial charge in [-0.25, -0.2) is 17.9 Å². The lowest BCUT2D eigenvalue weighted by molar-refractivity contribution is -0.141. The molecule has 0 aliphatic carbocycles. The van der Waals surface area contributed by atoms with Crippen LogP contribution in [-0.2, 0) is 16.2 Å². The van der Waals surface area contributed by atoms with E-state index in [1.807, 2.05) is 0 Å². The molecule has 0 aliphatic rings. The molecule has 0 aliphatic heterocycles. The first-order chi connectivity index (χ1) is 14.8. The Morgan fingerprint density at radius 2 is 1.81 bits per heavy atom. The summed E-state index contributed by atoms with van der Waals surface area (Å²) in [6, 6.07) is 7.51. The van der Waals surface area contributed by atoms with Gasteiger partial charge in [0.2, 0.25) is 10.0 Å². The van der Waals surface area contributed by atoms with Gasteiger partial charge >= 0.3 is 6.18 Å². The minimum absolute atomic E-state index is 0.109. The predicted octanol–water partition coefficient (Wildman–Crippen LogP) is 3.03. The van der Waals surface area contributed by atoms with E-state index in [9.17, 15) is 35.9 Å². The Kier molecular flexibility index (Phi) is 6.00. The molecule has 0 unspecified atom stereocenters. The van der Waals surface area contributed by atoms with Gasteiger partial charge in [-0.05, 0) is 36.4 Å². The topological polar surface area (TPSA) is 144 Å². The second-order valence-corrected chi connectivity index (χ2v) is 7.75. The van der Waals surface area contributed by atoms with Crippen molar-refractivity contribution in [2.24, 2.45) is 5.14 Å². The minimum atomic E-state index is -4.95. The van der Waals surface area contributed by atoms with Crippen molar-refractivity contribution in [3.8, 4) is 17.4 Å². The van der Waals surface area contributed by atoms with Crippen LogP contribution in [0.3, 0.4) is 0 Å². The number of phenolic OH excluding ortho intramolecular Hbond substituents is 1. The summed E-state index contributed by atoms with van der Waals surface area (Å²) in [6.07, 6.45) is -4.95. The Hall–Kier alpha value is -3.78. The molecule has 3 rings (SSSR count). The fraction of sp³-hybridized carbons (Fsp3) is 0.0556. The number of aromatic nitrogens is 2. The van der Waals surface area contributed by atoms with Crippen LogP contribution in [0.25, 0.3) is 0 Å². The Bertz CT molecular complexity index is 1300. The van der Waals surface area contributed by atoms with Crippen molar-refractivity contribution >= 4 is 21.6 Å². The predicted molar refractivity (Wildman–Crippen MR) is 101 cm³/mol. The van der Waals surface area contributed by atoms with Crippen LogP contribution >= 0.6 is 0 Å². The normalized spacial score (nSPS) is 11.8. The summed E-state index contributed by atoms with van der Waals surface area (Å²) >= 11 is 0. The molecular formula is C18H12F4N4O5S. The number of carbonyl (C=O) groups is 1. The van der Waals surface area contributed by atoms with E-state index < -0.39 is 56.6 Å². The van der Waals surface area contributed by atoms with E-state index in [0.717, 1.165) is 24.3 Å². The quantitative estimate of drug-likeness (QED) is 0.484. The number of nitrogens with zero attached hydrogens (tertiary/aromatic N) is 2. The van der Waals surface area contributed by atoms with E-state index in [0.29, 0.717) is 12.1 Å². The molecule has 0 bridgehead atoms. The van der Waals surface area contributed by atoms with Crippen molar-refractivity contribution in [2.45, 2.75) is 11.1 Å². The molecule has 1 aromatic heterocycles. The zero-order chi connectivity index (χ0) is 23.7. The Morgan fingerprint density at radius 1 is 1.09 bits per heavy atom. The average molecular weight is 472 g/mol. The molecule has 32 heavy (non-hydrogen) atoms. The van der Waals surface area contributed by atoms with Gasteiger partial charge in [-0.2, -0.15) is 13.2 Å². The highest BCUT2D eigenvalue weighted by atomic mass is 32.2. The minimum Gasteiger partial charge on any atom is -0.504 e. The van der Waals surface area contributed by atoms with Gasteiger partial charge in [0.1, 0.15) is 11.4 Å². The molecule has 0 saturated heterocycles. The molecule has 0 saturated carbocycles. The van der Waals surface area contributed by atoms with Gasteiger partial charge in [0.25, 0.3) is 11.8 Å². The van der Waals surface area contributed by atoms with Crippen molar-refractivity contribution in [3.05, 3.63) is 65.6 Å². The maximum Gasteiger partial charge on any atom is 0.435 e. The lowest BCUT2D eigenvalue weighted by Crippen LogP contribution is -2.18. The highest BCUT2D eigenvalue weighted by molar-refractivity contribution is 7.89. The van der Waals surface area contributed by atoms with Gasteiger partial charge in [0.15, 0.2) is 17.2 Å². The maximum atomic E-state index is 13.2. The number of hydrogen-bond acceptors (Lipinski definition) is 7. The number of sulfonamides is 1. The number of primary sulfonamides is 1. The molecule has 2 aromatic carbocycles. The molecule has 4 N–H and O–H groups in total. The molecule has 0 atom stereocenters. The van der Waals surface area contributed by atoms with Gasteiger partial charge in [-0.1, -0.05) is 6.07 Å². The number of carbonyl (C=O) groups excluding carboxylic acids is 1. The lowest BCUT2D eigenvalue weighted by atomic mass is 10.2. The zero-order valence-electron chi connectivity index (χ0n) is 15.6. The number of hydrogen-bond donors (Lipinski definition) is 3. The fourth-order valence-corrected chi connectivity index (χ4v) is 2.95. The van der Waals surface area contributed by atoms with Crippen LogP contribution in [0.4, 0.5) is 23.2 Å². The third kappa shape index (κ3) is 5.28. The number of ether oxygens (including phenoxy) is 1. The largest absolute Gasteiger partial charge is 0.504 e. The van der Waals surface area contributed by atoms with Gasteiger partial charge in [-0.3, -0.25) is 4.79 Å². The first-order valence-electron chi connectivity index (χ1n) is 8.40. The molecule has 1 heterocycles. The smallest absolute Gasteiger partial charge is 0.435 e. The second kappa shape index (κ2) is 8.39. The zero-order valence-corrected chi connectivity index (χ0v) is 16.4. The Morgan fingerprint density at radius 3 is 2.44 bits per heavy atom. The number of halogens is 4. The highest BCUT2D eigenvalue weighted by Crippen LogP contribution is 2.34. The fourth-order valence-electron chi connectivity index (χ4n) is 2.39. The molecule has 14 heteroatoms. The number of alkyl halides is 3. The van der Waals surface area contributed by atoms with Crippen molar-refractivity contribution in [1.82, 2.24) is 10.2 Å². The van der Waals surface area contributed by atoms with Gasteiger partial charge in [0, 0.05) is 11.8 Å². The number of rotatable bonds is 5. The van der Waals surface area contributed by atoms with Crippen LogP contribution < -0.4 is 15.2 Å². The summed E-state index contributed by atoms with van der Waals surface area (Å²) in [6.45, 7) is 0. The van der Waals surface area contributed by atoms with Crippen molar-refractivity contribution < 1.29 is 40.6 Å². The number of aromatic hydroxyl groups is 1. The molecule has 0 radical (unpaired) electrons. The summed E-state index contributed by atoms with van der Waals surface area (Å²) in [7, 11) is -4.11. The molecule has 9 nitrogen and oxygen atoms in total. The number of anilines is 1. The van der Waals surface area contributed by atoms with Crippen molar-refractivity contribution in [3.63, 3.8) is 0 Å². The van der Waals surface area contributed by atoms with Crippen LogP contribution in [0.2, 0.25) is 0 Å². The molecule has 3 aromatic rings. The van der Waals surface area contributed by atoms with Crippen LogP contribution in [0, 0.1) is 5.82 Å². The van der Waals surface area contributed by atoms with Gasteiger partial charge in [-0.15, -0.1) is 10.2 Å². The van der Waals surface area contributed by atoms with Crippen LogP contribution in [0.5, 0.6) is 17.4 Å². The summed E-state index contributed by atoms with van der Waals surface area (Å²) in [5, 5.41) is 23.2. The van der Waals surface area contributed by atoms with E-state index in [1.54, 1.807) is 0 Å². The monoisotopic (exact) mass is 472 g/mol. The SMILES string of the molecule is NS(=O)(=O)c1cccc(NC(=O)c2cc(C(F)(F)F)nnc2Oc2ccc(F)cc2O)c1. The average Bonchev–Trinajstić information content (AvgIpc) is 2.69. The summed E-state index contributed by atoms with van der Waals surface area (Å²) in [4.78, 5) is 12.3. The lowest BCUT2D eigenvalue weighted by Gasteiger charge is -2.13. The summed E-state index contributed by atoms with van der Waals surface area (Å²) in [5.74, 6) is -3.85. The molecule has 1 amide bonds. The third-order valence-corrected chi connectivity index (χ3v) is 4.75. The van der Waals surface area contributed by atoms with Crippen LogP contribution in [0.1, 0.15) is 16.1 Å². The number of nitrogens with one attached hydrogen (secondary N) is 1. The number of amides is 1. The number of benzene rings is 2. The van der Waals surface area contributed by atoms with E-state index in [4.69, 9.17) is 9.88 Å². The summed E-state index contributed by atoms with van der Waals surface area (Å²) < 4.78 is 80.5. The molecular weight excluding hydrogens is 460 g/mol. The first-order valence-corrected chi connectivity index (χ1v) is 9.95. The number of phenols is 1. The van der Waals surface area contributed by atoms with Gasteiger partial charge < -0.3 is 15.2 Å². The highest BCUT2D eigenvalue weighted by Gasteiger charge is 2.35. The molecule has 0 spiro atoms. The maximum absolute atomic E-state index is 13.2. The van der Waals surface area contributed by atoms with E-state index in [2.05, 4.69) is 15.5 Å². The third-order valence-electron chi connectivity index (χ3n) is 3.84. The van der Waals surface area contributed by atoms with E-state index >= 15 is 0 Å². The van der Waals surface area contributed by atoms with E-state index in [-0.39, 0.29) is 10.6 Å². The van der Waals surface area contributed by atoms with Crippen molar-refractivity contribution in [1.29, 1.82) is 0 Å².